The van der Waals surface area contributed by atoms with E-state index in [-0.39, 0.29) is 5.69 Å². The molecule has 0 bridgehead atoms. The maximum absolute atomic E-state index is 13.9. The van der Waals surface area contributed by atoms with Crippen LogP contribution < -0.4 is 5.73 Å². The first kappa shape index (κ1) is 16.5. The normalized spacial score (nSPS) is 14.0. The van der Waals surface area contributed by atoms with E-state index in [0.29, 0.717) is 33.8 Å². The Kier molecular flexibility index (Phi) is 4.21. The summed E-state index contributed by atoms with van der Waals surface area (Å²) >= 11 is 7.99. The second-order valence-electron chi connectivity index (χ2n) is 6.09. The largest absolute Gasteiger partial charge is 0.440 e. The third kappa shape index (κ3) is 3.14. The van der Waals surface area contributed by atoms with E-state index in [1.165, 1.54) is 12.1 Å². The average Bonchev–Trinajstić information content (AvgIpc) is 3.37. The van der Waals surface area contributed by atoms with E-state index in [1.54, 1.807) is 11.8 Å². The van der Waals surface area contributed by atoms with Crippen molar-refractivity contribution < 1.29 is 8.81 Å². The Labute approximate surface area is 154 Å². The zero-order valence-electron chi connectivity index (χ0n) is 13.6. The summed E-state index contributed by atoms with van der Waals surface area (Å²) in [4.78, 5) is 5.75. The fourth-order valence-corrected chi connectivity index (χ4v) is 3.42. The molecular weight excluding hydrogens is 359 g/mol. The van der Waals surface area contributed by atoms with Crippen molar-refractivity contribution in [2.24, 2.45) is 0 Å². The molecule has 2 aromatic carbocycles. The predicted molar refractivity (Wildman–Crippen MR) is 101 cm³/mol. The van der Waals surface area contributed by atoms with Gasteiger partial charge in [0, 0.05) is 21.9 Å². The van der Waals surface area contributed by atoms with Gasteiger partial charge in [0.15, 0.2) is 11.7 Å². The molecule has 3 nitrogen and oxygen atoms in total. The van der Waals surface area contributed by atoms with Gasteiger partial charge in [0.1, 0.15) is 11.5 Å². The number of halogens is 2. The van der Waals surface area contributed by atoms with Crippen LogP contribution in [0.2, 0.25) is 5.02 Å². The Balaban J connectivity index is 1.93. The van der Waals surface area contributed by atoms with Gasteiger partial charge in [0.2, 0.25) is 0 Å². The highest BCUT2D eigenvalue weighted by Gasteiger charge is 2.31. The van der Waals surface area contributed by atoms with E-state index in [9.17, 15) is 4.39 Å². The zero-order chi connectivity index (χ0) is 17.6. The number of oxazole rings is 1. The van der Waals surface area contributed by atoms with E-state index >= 15 is 0 Å². The predicted octanol–water partition coefficient (Wildman–Crippen LogP) is 5.98. The van der Waals surface area contributed by atoms with Crippen molar-refractivity contribution in [2.45, 2.75) is 23.7 Å². The quantitative estimate of drug-likeness (QED) is 0.450. The van der Waals surface area contributed by atoms with Crippen LogP contribution in [0.5, 0.6) is 0 Å². The third-order valence-corrected chi connectivity index (χ3v) is 5.37. The van der Waals surface area contributed by atoms with E-state index in [1.807, 2.05) is 30.5 Å². The summed E-state index contributed by atoms with van der Waals surface area (Å²) in [6.45, 7) is 0. The number of nitrogens with two attached hydrogens (primary N) is 1. The van der Waals surface area contributed by atoms with Crippen molar-refractivity contribution in [2.75, 3.05) is 12.0 Å². The Morgan fingerprint density at radius 3 is 2.80 bits per heavy atom. The number of anilines is 1. The Morgan fingerprint density at radius 1 is 1.28 bits per heavy atom. The molecule has 128 valence electrons. The van der Waals surface area contributed by atoms with Gasteiger partial charge in [0.05, 0.1) is 10.7 Å². The Bertz CT molecular complexity index is 953. The van der Waals surface area contributed by atoms with Gasteiger partial charge in [-0.15, -0.1) is 11.8 Å². The fraction of sp³-hybridized carbons (Fsp3) is 0.211. The van der Waals surface area contributed by atoms with Crippen LogP contribution in [-0.2, 0) is 0 Å². The maximum Gasteiger partial charge on any atom is 0.198 e. The van der Waals surface area contributed by atoms with E-state index < -0.39 is 5.82 Å². The fourth-order valence-electron chi connectivity index (χ4n) is 2.77. The van der Waals surface area contributed by atoms with Gasteiger partial charge in [-0.05, 0) is 43.4 Å². The molecule has 6 heteroatoms. The van der Waals surface area contributed by atoms with Crippen molar-refractivity contribution in [1.29, 1.82) is 0 Å². The number of nitrogen functional groups attached to an aromatic ring is 1. The van der Waals surface area contributed by atoms with E-state index in [0.717, 1.165) is 23.3 Å². The van der Waals surface area contributed by atoms with Crippen LogP contribution in [-0.4, -0.2) is 11.2 Å². The monoisotopic (exact) mass is 374 g/mol. The lowest BCUT2D eigenvalue weighted by Crippen LogP contribution is -1.93. The summed E-state index contributed by atoms with van der Waals surface area (Å²) in [7, 11) is 0. The van der Waals surface area contributed by atoms with Crippen molar-refractivity contribution in [3.05, 3.63) is 53.1 Å². The smallest absolute Gasteiger partial charge is 0.198 e. The number of thioether (sulfide) groups is 1. The number of benzene rings is 2. The van der Waals surface area contributed by atoms with E-state index in [4.69, 9.17) is 21.8 Å². The molecule has 3 aromatic rings. The van der Waals surface area contributed by atoms with Crippen LogP contribution in [0.3, 0.4) is 0 Å². The molecule has 0 unspecified atom stereocenters. The highest BCUT2D eigenvalue weighted by atomic mass is 35.5. The van der Waals surface area contributed by atoms with Crippen LogP contribution in [0, 0.1) is 5.82 Å². The number of hydrogen-bond acceptors (Lipinski definition) is 4. The second kappa shape index (κ2) is 6.39. The molecule has 1 saturated carbocycles. The molecule has 4 rings (SSSR count). The van der Waals surface area contributed by atoms with Crippen molar-refractivity contribution in [3.63, 3.8) is 0 Å². The van der Waals surface area contributed by atoms with Gasteiger partial charge >= 0.3 is 0 Å². The second-order valence-corrected chi connectivity index (χ2v) is 7.35. The highest BCUT2D eigenvalue weighted by Crippen LogP contribution is 2.45. The molecule has 1 aliphatic rings. The van der Waals surface area contributed by atoms with Crippen molar-refractivity contribution in [1.82, 2.24) is 4.98 Å². The minimum Gasteiger partial charge on any atom is -0.440 e. The number of nitrogens with zero attached hydrogens (tertiary/aromatic N) is 1. The summed E-state index contributed by atoms with van der Waals surface area (Å²) in [5.74, 6) is 1.17. The molecular formula is C19H16ClFN2OS. The topological polar surface area (TPSA) is 52.0 Å². The first-order chi connectivity index (χ1) is 12.1. The average molecular weight is 375 g/mol. The van der Waals surface area contributed by atoms with E-state index in [2.05, 4.69) is 4.98 Å². The molecule has 1 heterocycles. The third-order valence-electron chi connectivity index (χ3n) is 4.22. The van der Waals surface area contributed by atoms with Crippen LogP contribution in [0.4, 0.5) is 10.1 Å². The van der Waals surface area contributed by atoms with Gasteiger partial charge in [-0.25, -0.2) is 9.37 Å². The molecule has 0 radical (unpaired) electrons. The van der Waals surface area contributed by atoms with Crippen LogP contribution in [0.25, 0.3) is 22.6 Å². The first-order valence-corrected chi connectivity index (χ1v) is 9.57. The van der Waals surface area contributed by atoms with Crippen LogP contribution >= 0.6 is 23.4 Å². The van der Waals surface area contributed by atoms with Gasteiger partial charge < -0.3 is 10.2 Å². The molecule has 25 heavy (non-hydrogen) atoms. The molecule has 0 saturated heterocycles. The number of rotatable bonds is 4. The number of aromatic nitrogens is 1. The Morgan fingerprint density at radius 2 is 2.08 bits per heavy atom. The van der Waals surface area contributed by atoms with Crippen molar-refractivity contribution in [3.8, 4) is 22.6 Å². The molecule has 0 aliphatic heterocycles. The minimum atomic E-state index is -0.448. The lowest BCUT2D eigenvalue weighted by molar-refractivity contribution is 0.509. The zero-order valence-corrected chi connectivity index (χ0v) is 15.1. The number of hydrogen-bond donors (Lipinski definition) is 1. The maximum atomic E-state index is 13.9. The Hall–Kier alpha value is -1.98. The highest BCUT2D eigenvalue weighted by molar-refractivity contribution is 7.98. The van der Waals surface area contributed by atoms with Gasteiger partial charge in [-0.1, -0.05) is 23.7 Å². The van der Waals surface area contributed by atoms with Gasteiger partial charge in [0.25, 0.3) is 0 Å². The molecule has 0 spiro atoms. The molecule has 0 atom stereocenters. The SMILES string of the molecule is CSc1cccc(-c2oc(C3CC3)nc2-c2cc(F)cc(N)c2Cl)c1. The molecule has 0 amide bonds. The van der Waals surface area contributed by atoms with Gasteiger partial charge in [-0.2, -0.15) is 0 Å². The van der Waals surface area contributed by atoms with Crippen molar-refractivity contribution >= 4 is 29.1 Å². The lowest BCUT2D eigenvalue weighted by Gasteiger charge is -2.07. The summed E-state index contributed by atoms with van der Waals surface area (Å²) < 4.78 is 20.0. The van der Waals surface area contributed by atoms with Gasteiger partial charge in [-0.3, -0.25) is 0 Å². The first-order valence-electron chi connectivity index (χ1n) is 7.97. The molecule has 1 aliphatic carbocycles. The summed E-state index contributed by atoms with van der Waals surface area (Å²) in [6, 6.07) is 10.5. The lowest BCUT2D eigenvalue weighted by atomic mass is 10.0. The summed E-state index contributed by atoms with van der Waals surface area (Å²) in [5, 5.41) is 0.291. The van der Waals surface area contributed by atoms with Crippen LogP contribution in [0.15, 0.2) is 45.7 Å². The molecule has 2 N–H and O–H groups in total. The molecule has 1 aromatic heterocycles. The molecule has 1 fully saturated rings. The van der Waals surface area contributed by atoms with Crippen LogP contribution in [0.1, 0.15) is 24.7 Å². The standard InChI is InChI=1S/C19H16ClFN2OS/c1-25-13-4-2-3-11(7-13)18-17(23-19(24-18)10-5-6-10)14-8-12(21)9-15(22)16(14)20/h2-4,7-10H,5-6,22H2,1H3. The summed E-state index contributed by atoms with van der Waals surface area (Å²) in [5.41, 5.74) is 7.91. The minimum absolute atomic E-state index is 0.191. The summed E-state index contributed by atoms with van der Waals surface area (Å²) in [6.07, 6.45) is 4.13.